The number of rotatable bonds is 6. The van der Waals surface area contributed by atoms with Crippen molar-refractivity contribution in [1.29, 1.82) is 0 Å². The van der Waals surface area contributed by atoms with E-state index < -0.39 is 72.9 Å². The third-order valence-electron chi connectivity index (χ3n) is 5.08. The molecule has 1 aromatic rings. The van der Waals surface area contributed by atoms with Gasteiger partial charge in [-0.1, -0.05) is 12.1 Å². The van der Waals surface area contributed by atoms with Gasteiger partial charge in [-0.2, -0.15) is 0 Å². The lowest BCUT2D eigenvalue weighted by molar-refractivity contribution is -0.278. The Kier molecular flexibility index (Phi) is 7.30. The zero-order chi connectivity index (χ0) is 25.2. The number of fused-ring (bicyclic) bond motifs is 1. The maximum absolute atomic E-state index is 13.2. The molecule has 34 heavy (non-hydrogen) atoms. The minimum Gasteiger partial charge on any atom is -0.463 e. The van der Waals surface area contributed by atoms with E-state index >= 15 is 0 Å². The fraction of sp³-hybridized carbons (Fsp3) is 0.455. The molecule has 0 radical (unpaired) electrons. The van der Waals surface area contributed by atoms with Gasteiger partial charge in [0, 0.05) is 27.7 Å². The topological polar surface area (TPSA) is 152 Å². The first kappa shape index (κ1) is 24.8. The molecule has 12 heteroatoms. The molecule has 0 saturated carbocycles. The van der Waals surface area contributed by atoms with E-state index in [2.05, 4.69) is 0 Å². The van der Waals surface area contributed by atoms with E-state index in [4.69, 9.17) is 23.7 Å². The molecule has 0 aliphatic carbocycles. The summed E-state index contributed by atoms with van der Waals surface area (Å²) in [6.45, 7) is 3.91. The minimum absolute atomic E-state index is 0.0849. The highest BCUT2D eigenvalue weighted by molar-refractivity contribution is 6.21. The van der Waals surface area contributed by atoms with Gasteiger partial charge >= 0.3 is 23.9 Å². The second-order valence-corrected chi connectivity index (χ2v) is 7.62. The van der Waals surface area contributed by atoms with Gasteiger partial charge in [0.1, 0.15) is 18.8 Å². The van der Waals surface area contributed by atoms with Crippen LogP contribution in [-0.2, 0) is 42.9 Å². The van der Waals surface area contributed by atoms with Gasteiger partial charge < -0.3 is 23.7 Å². The maximum Gasteiger partial charge on any atom is 0.305 e. The van der Waals surface area contributed by atoms with Crippen LogP contribution in [0.25, 0.3) is 0 Å². The number of benzene rings is 1. The van der Waals surface area contributed by atoms with Crippen molar-refractivity contribution in [2.24, 2.45) is 0 Å². The van der Waals surface area contributed by atoms with Crippen LogP contribution >= 0.6 is 0 Å². The van der Waals surface area contributed by atoms with Crippen molar-refractivity contribution in [3.8, 4) is 0 Å². The van der Waals surface area contributed by atoms with Crippen molar-refractivity contribution in [3.05, 3.63) is 35.4 Å². The average Bonchev–Trinajstić information content (AvgIpc) is 2.98. The standard InChI is InChI=1S/C22H23NO11/c1-10(24)30-9-16-18(31-11(2)25)19(32-12(3)26)17(22(34-16)33-13(4)27)23-20(28)14-7-5-6-8-15(14)21(23)29/h5-8,16-19,22H,9H2,1-4H3/t16?,17?,18-,19?,22-/m1/s1. The minimum atomic E-state index is -1.63. The van der Waals surface area contributed by atoms with Gasteiger partial charge in [-0.3, -0.25) is 33.7 Å². The molecule has 2 aliphatic heterocycles. The predicted octanol–water partition coefficient (Wildman–Crippen LogP) is 0.366. The summed E-state index contributed by atoms with van der Waals surface area (Å²) < 4.78 is 26.7. The summed E-state index contributed by atoms with van der Waals surface area (Å²) in [5.74, 6) is -4.64. The van der Waals surface area contributed by atoms with Crippen molar-refractivity contribution in [3.63, 3.8) is 0 Å². The van der Waals surface area contributed by atoms with Crippen molar-refractivity contribution in [1.82, 2.24) is 4.90 Å². The molecule has 182 valence electrons. The molecule has 0 spiro atoms. The van der Waals surface area contributed by atoms with Crippen LogP contribution in [0, 0.1) is 0 Å². The van der Waals surface area contributed by atoms with Crippen molar-refractivity contribution in [2.75, 3.05) is 6.61 Å². The molecule has 2 heterocycles. The van der Waals surface area contributed by atoms with Gasteiger partial charge in [0.15, 0.2) is 12.2 Å². The van der Waals surface area contributed by atoms with E-state index in [1.807, 2.05) is 0 Å². The summed E-state index contributed by atoms with van der Waals surface area (Å²) in [7, 11) is 0. The Morgan fingerprint density at radius 1 is 0.794 bits per heavy atom. The van der Waals surface area contributed by atoms with Crippen molar-refractivity contribution < 1.29 is 52.5 Å². The third-order valence-corrected chi connectivity index (χ3v) is 5.08. The molecule has 2 amide bonds. The van der Waals surface area contributed by atoms with Crippen LogP contribution in [0.1, 0.15) is 48.4 Å². The molecule has 3 rings (SSSR count). The highest BCUT2D eigenvalue weighted by Crippen LogP contribution is 2.35. The molecule has 2 aliphatic rings. The van der Waals surface area contributed by atoms with Gasteiger partial charge in [-0.25, -0.2) is 0 Å². The summed E-state index contributed by atoms with van der Waals surface area (Å²) in [4.78, 5) is 74.2. The normalized spacial score (nSPS) is 25.9. The molecule has 1 fully saturated rings. The van der Waals surface area contributed by atoms with E-state index in [1.165, 1.54) is 12.1 Å². The van der Waals surface area contributed by atoms with Crippen LogP contribution in [0.4, 0.5) is 0 Å². The van der Waals surface area contributed by atoms with Crippen LogP contribution in [-0.4, -0.2) is 77.8 Å². The number of amides is 2. The molecule has 1 aromatic carbocycles. The van der Waals surface area contributed by atoms with E-state index in [1.54, 1.807) is 12.1 Å². The number of hydrogen-bond donors (Lipinski definition) is 0. The SMILES string of the molecule is CC(=O)OCC1O[C@@H](OC(C)=O)C(N2C(=O)c3ccccc3C2=O)C(OC(C)=O)[C@@H]1OC(C)=O. The monoisotopic (exact) mass is 477 g/mol. The molecule has 0 N–H and O–H groups in total. The molecular weight excluding hydrogens is 454 g/mol. The van der Waals surface area contributed by atoms with E-state index in [-0.39, 0.29) is 11.1 Å². The van der Waals surface area contributed by atoms with Crippen LogP contribution in [0.3, 0.4) is 0 Å². The number of carbonyl (C=O) groups excluding carboxylic acids is 6. The van der Waals surface area contributed by atoms with Gasteiger partial charge in [-0.05, 0) is 12.1 Å². The number of esters is 4. The highest BCUT2D eigenvalue weighted by atomic mass is 16.7. The summed E-state index contributed by atoms with van der Waals surface area (Å²) in [6.07, 6.45) is -5.81. The highest BCUT2D eigenvalue weighted by Gasteiger charge is 2.58. The molecule has 12 nitrogen and oxygen atoms in total. The molecule has 3 unspecified atom stereocenters. The van der Waals surface area contributed by atoms with Crippen molar-refractivity contribution in [2.45, 2.75) is 58.3 Å². The number of hydrogen-bond acceptors (Lipinski definition) is 11. The van der Waals surface area contributed by atoms with Gasteiger partial charge in [0.2, 0.25) is 6.29 Å². The van der Waals surface area contributed by atoms with E-state index in [9.17, 15) is 28.8 Å². The van der Waals surface area contributed by atoms with Crippen LogP contribution < -0.4 is 0 Å². The van der Waals surface area contributed by atoms with Gasteiger partial charge in [0.25, 0.3) is 11.8 Å². The largest absolute Gasteiger partial charge is 0.463 e. The van der Waals surface area contributed by atoms with E-state index in [0.717, 1.165) is 32.6 Å². The van der Waals surface area contributed by atoms with Crippen molar-refractivity contribution >= 4 is 35.7 Å². The summed E-state index contributed by atoms with van der Waals surface area (Å²) in [5.41, 5.74) is 0.170. The lowest BCUT2D eigenvalue weighted by Gasteiger charge is -2.46. The van der Waals surface area contributed by atoms with Crippen LogP contribution in [0.15, 0.2) is 24.3 Å². The number of imide groups is 1. The first-order chi connectivity index (χ1) is 16.0. The predicted molar refractivity (Wildman–Crippen MR) is 109 cm³/mol. The number of carbonyl (C=O) groups is 6. The Balaban J connectivity index is 2.11. The molecule has 5 atom stereocenters. The average molecular weight is 477 g/mol. The van der Waals surface area contributed by atoms with Crippen LogP contribution in [0.5, 0.6) is 0 Å². The Hall–Kier alpha value is -3.80. The maximum atomic E-state index is 13.2. The smallest absolute Gasteiger partial charge is 0.305 e. The molecular formula is C22H23NO11. The fourth-order valence-electron chi connectivity index (χ4n) is 3.90. The molecule has 0 bridgehead atoms. The quantitative estimate of drug-likeness (QED) is 0.317. The zero-order valence-electron chi connectivity index (χ0n) is 18.8. The summed E-state index contributed by atoms with van der Waals surface area (Å²) in [6, 6.07) is 4.49. The second kappa shape index (κ2) is 10.00. The van der Waals surface area contributed by atoms with E-state index in [0.29, 0.717) is 0 Å². The summed E-state index contributed by atoms with van der Waals surface area (Å²) in [5, 5.41) is 0. The fourth-order valence-corrected chi connectivity index (χ4v) is 3.90. The zero-order valence-corrected chi connectivity index (χ0v) is 18.8. The van der Waals surface area contributed by atoms with Gasteiger partial charge in [0.05, 0.1) is 11.1 Å². The molecule has 1 saturated heterocycles. The lowest BCUT2D eigenvalue weighted by Crippen LogP contribution is -2.67. The van der Waals surface area contributed by atoms with Gasteiger partial charge in [-0.15, -0.1) is 0 Å². The number of ether oxygens (including phenoxy) is 5. The Labute approximate surface area is 194 Å². The second-order valence-electron chi connectivity index (χ2n) is 7.62. The Morgan fingerprint density at radius 3 is 1.76 bits per heavy atom. The first-order valence-electron chi connectivity index (χ1n) is 10.3. The lowest BCUT2D eigenvalue weighted by atomic mass is 9.94. The molecule has 0 aromatic heterocycles. The van der Waals surface area contributed by atoms with Crippen LogP contribution in [0.2, 0.25) is 0 Å². The first-order valence-corrected chi connectivity index (χ1v) is 10.3. The Bertz CT molecular complexity index is 1000. The number of nitrogens with zero attached hydrogens (tertiary/aromatic N) is 1. The third kappa shape index (κ3) is 5.06. The summed E-state index contributed by atoms with van der Waals surface area (Å²) >= 11 is 0. The Morgan fingerprint density at radius 2 is 1.29 bits per heavy atom.